The highest BCUT2D eigenvalue weighted by molar-refractivity contribution is 8.26. The number of thiocarbonyl (C=S) groups is 1. The molecular weight excluding hydrogens is 394 g/mol. The average Bonchev–Trinajstić information content (AvgIpc) is 2.85. The Kier molecular flexibility index (Phi) is 6.81. The van der Waals surface area contributed by atoms with E-state index in [1.165, 1.54) is 18.2 Å². The molecule has 1 N–H and O–H groups in total. The maximum atomic E-state index is 12.6. The molecular formula is C17H15NO7S2-2. The Morgan fingerprint density at radius 3 is 2.70 bits per heavy atom. The predicted octanol–water partition coefficient (Wildman–Crippen LogP) is -0.359. The van der Waals surface area contributed by atoms with E-state index in [1.807, 2.05) is 0 Å². The molecule has 1 fully saturated rings. The minimum atomic E-state index is -1.60. The molecule has 10 heteroatoms. The van der Waals surface area contributed by atoms with E-state index in [2.05, 4.69) is 0 Å². The zero-order valence-corrected chi connectivity index (χ0v) is 15.8. The lowest BCUT2D eigenvalue weighted by Crippen LogP contribution is -2.50. The molecule has 27 heavy (non-hydrogen) atoms. The molecule has 0 aromatic heterocycles. The fourth-order valence-corrected chi connectivity index (χ4v) is 3.76. The number of phenolic OH excluding ortho intramolecular Hbond substituents is 1. The van der Waals surface area contributed by atoms with Gasteiger partial charge in [0, 0.05) is 5.97 Å². The number of hydrogen-bond acceptors (Lipinski definition) is 9. The highest BCUT2D eigenvalue weighted by atomic mass is 32.2. The number of ether oxygens (including phenoxy) is 1. The molecule has 0 radical (unpaired) electrons. The van der Waals surface area contributed by atoms with E-state index in [0.29, 0.717) is 12.2 Å². The number of carbonyl (C=O) groups excluding carboxylic acids is 3. The highest BCUT2D eigenvalue weighted by Gasteiger charge is 2.37. The van der Waals surface area contributed by atoms with Crippen LogP contribution in [0.2, 0.25) is 0 Å². The average molecular weight is 409 g/mol. The molecule has 0 saturated carbocycles. The third-order valence-corrected chi connectivity index (χ3v) is 4.94. The molecule has 2 rings (SSSR count). The molecule has 1 aliphatic heterocycles. The summed E-state index contributed by atoms with van der Waals surface area (Å²) in [5, 5.41) is 31.7. The fourth-order valence-electron chi connectivity index (χ4n) is 2.40. The Morgan fingerprint density at radius 1 is 1.41 bits per heavy atom. The van der Waals surface area contributed by atoms with Crippen molar-refractivity contribution in [1.82, 2.24) is 4.90 Å². The van der Waals surface area contributed by atoms with Crippen molar-refractivity contribution in [3.8, 4) is 11.5 Å². The van der Waals surface area contributed by atoms with Crippen LogP contribution in [0, 0.1) is 0 Å². The third-order valence-electron chi connectivity index (χ3n) is 3.61. The Morgan fingerprint density at radius 2 is 2.11 bits per heavy atom. The first-order valence-corrected chi connectivity index (χ1v) is 9.10. The van der Waals surface area contributed by atoms with Gasteiger partial charge in [-0.05, 0) is 43.5 Å². The molecule has 0 bridgehead atoms. The number of hydrogen-bond donors (Lipinski definition) is 1. The number of rotatable bonds is 8. The molecule has 8 nitrogen and oxygen atoms in total. The minimum Gasteiger partial charge on any atom is -0.550 e. The first-order chi connectivity index (χ1) is 12.7. The molecule has 1 aromatic rings. The van der Waals surface area contributed by atoms with Crippen molar-refractivity contribution in [1.29, 1.82) is 0 Å². The van der Waals surface area contributed by atoms with Crippen LogP contribution in [-0.4, -0.2) is 44.8 Å². The number of carbonyl (C=O) groups is 3. The topological polar surface area (TPSA) is 130 Å². The maximum absolute atomic E-state index is 12.6. The van der Waals surface area contributed by atoms with Crippen LogP contribution < -0.4 is 14.9 Å². The first-order valence-electron chi connectivity index (χ1n) is 7.88. The summed E-state index contributed by atoms with van der Waals surface area (Å²) >= 11 is 5.97. The van der Waals surface area contributed by atoms with Crippen LogP contribution in [0.25, 0.3) is 6.08 Å². The van der Waals surface area contributed by atoms with Gasteiger partial charge in [0.25, 0.3) is 5.91 Å². The summed E-state index contributed by atoms with van der Waals surface area (Å²) < 4.78 is 5.27. The van der Waals surface area contributed by atoms with E-state index in [-0.39, 0.29) is 27.1 Å². The van der Waals surface area contributed by atoms with Gasteiger partial charge in [-0.15, -0.1) is 0 Å². The number of benzene rings is 1. The lowest BCUT2D eigenvalue weighted by Gasteiger charge is -2.27. The van der Waals surface area contributed by atoms with E-state index < -0.39 is 30.3 Å². The standard InChI is InChI=1S/C17H17NO7S2/c1-2-25-12-7-9(3-5-11(12)19)8-13-15(22)18(17(26)27-13)10(16(23)24)4-6-14(20)21/h3,5,7-8,10,19H,2,4,6H2,1H3,(H,20,21)(H,23,24)/p-2/b13-8+/t10-/m1/s1. The zero-order valence-electron chi connectivity index (χ0n) is 14.2. The minimum absolute atomic E-state index is 0.0115. The maximum Gasteiger partial charge on any atom is 0.266 e. The van der Waals surface area contributed by atoms with E-state index >= 15 is 0 Å². The molecule has 0 spiro atoms. The zero-order chi connectivity index (χ0) is 20.1. The van der Waals surface area contributed by atoms with Gasteiger partial charge in [0.15, 0.2) is 11.5 Å². The molecule has 1 aliphatic rings. The number of aromatic hydroxyl groups is 1. The monoisotopic (exact) mass is 409 g/mol. The summed E-state index contributed by atoms with van der Waals surface area (Å²) in [6.07, 6.45) is 0.550. The SMILES string of the molecule is CCOc1cc(/C=C2/SC(=S)N([C@H](CCC(=O)[O-])C(=O)[O-])C2=O)ccc1O. The van der Waals surface area contributed by atoms with Gasteiger partial charge in [-0.2, -0.15) is 0 Å². The summed E-state index contributed by atoms with van der Waals surface area (Å²) in [5.74, 6) is -3.51. The number of carboxylic acids is 2. The van der Waals surface area contributed by atoms with Gasteiger partial charge in [-0.3, -0.25) is 9.69 Å². The number of nitrogens with zero attached hydrogens (tertiary/aromatic N) is 1. The van der Waals surface area contributed by atoms with Crippen LogP contribution in [-0.2, 0) is 14.4 Å². The normalized spacial score (nSPS) is 16.6. The molecule has 1 atom stereocenters. The van der Waals surface area contributed by atoms with Crippen molar-refractivity contribution in [3.63, 3.8) is 0 Å². The quantitative estimate of drug-likeness (QED) is 0.452. The van der Waals surface area contributed by atoms with Gasteiger partial charge in [-0.1, -0.05) is 30.0 Å². The third kappa shape index (κ3) is 4.98. The molecule has 0 unspecified atom stereocenters. The van der Waals surface area contributed by atoms with Crippen LogP contribution in [0.15, 0.2) is 23.1 Å². The molecule has 1 saturated heterocycles. The number of aliphatic carboxylic acids is 2. The predicted molar refractivity (Wildman–Crippen MR) is 97.3 cm³/mol. The smallest absolute Gasteiger partial charge is 0.266 e. The fraction of sp³-hybridized carbons (Fsp3) is 0.294. The number of amides is 1. The van der Waals surface area contributed by atoms with Gasteiger partial charge >= 0.3 is 0 Å². The molecule has 1 heterocycles. The summed E-state index contributed by atoms with van der Waals surface area (Å²) in [5.41, 5.74) is 0.538. The Hall–Kier alpha value is -2.59. The van der Waals surface area contributed by atoms with Gasteiger partial charge in [0.1, 0.15) is 4.32 Å². The van der Waals surface area contributed by atoms with Crippen molar-refractivity contribution in [2.75, 3.05) is 6.61 Å². The van der Waals surface area contributed by atoms with Crippen LogP contribution >= 0.6 is 24.0 Å². The van der Waals surface area contributed by atoms with E-state index in [9.17, 15) is 29.7 Å². The van der Waals surface area contributed by atoms with Crippen molar-refractivity contribution in [2.24, 2.45) is 0 Å². The lowest BCUT2D eigenvalue weighted by molar-refractivity contribution is -0.311. The second-order valence-corrected chi connectivity index (χ2v) is 7.13. The van der Waals surface area contributed by atoms with Crippen LogP contribution in [0.4, 0.5) is 0 Å². The van der Waals surface area contributed by atoms with E-state index in [4.69, 9.17) is 17.0 Å². The number of phenols is 1. The van der Waals surface area contributed by atoms with Crippen molar-refractivity contribution in [2.45, 2.75) is 25.8 Å². The van der Waals surface area contributed by atoms with Gasteiger partial charge < -0.3 is 29.6 Å². The molecule has 1 amide bonds. The largest absolute Gasteiger partial charge is 0.550 e. The second-order valence-electron chi connectivity index (χ2n) is 5.46. The van der Waals surface area contributed by atoms with Gasteiger partial charge in [-0.25, -0.2) is 0 Å². The van der Waals surface area contributed by atoms with Crippen molar-refractivity contribution in [3.05, 3.63) is 28.7 Å². The Labute approximate surface area is 164 Å². The Bertz CT molecular complexity index is 821. The lowest BCUT2D eigenvalue weighted by atomic mass is 10.1. The summed E-state index contributed by atoms with van der Waals surface area (Å²) in [4.78, 5) is 35.6. The van der Waals surface area contributed by atoms with Gasteiger partial charge in [0.05, 0.1) is 23.5 Å². The second kappa shape index (κ2) is 8.87. The summed E-state index contributed by atoms with van der Waals surface area (Å²) in [6.45, 7) is 2.09. The van der Waals surface area contributed by atoms with E-state index in [0.717, 1.165) is 16.7 Å². The van der Waals surface area contributed by atoms with Crippen LogP contribution in [0.1, 0.15) is 25.3 Å². The highest BCUT2D eigenvalue weighted by Crippen LogP contribution is 2.36. The van der Waals surface area contributed by atoms with Crippen molar-refractivity contribution < 1.29 is 34.4 Å². The first kappa shape index (κ1) is 20.7. The van der Waals surface area contributed by atoms with Crippen molar-refractivity contribution >= 4 is 52.2 Å². The molecule has 1 aromatic carbocycles. The van der Waals surface area contributed by atoms with E-state index in [1.54, 1.807) is 13.0 Å². The summed E-state index contributed by atoms with van der Waals surface area (Å²) in [6, 6.07) is 2.98. The van der Waals surface area contributed by atoms with Gasteiger partial charge in [0.2, 0.25) is 0 Å². The number of carboxylic acid groups (broad SMARTS) is 2. The Balaban J connectivity index is 2.28. The number of thioether (sulfide) groups is 1. The molecule has 0 aliphatic carbocycles. The summed E-state index contributed by atoms with van der Waals surface area (Å²) in [7, 11) is 0. The van der Waals surface area contributed by atoms with Crippen LogP contribution in [0.5, 0.6) is 11.5 Å². The van der Waals surface area contributed by atoms with Crippen LogP contribution in [0.3, 0.4) is 0 Å². The molecule has 144 valence electrons.